The molecule has 0 unspecified atom stereocenters. The van der Waals surface area contributed by atoms with Crippen molar-refractivity contribution in [1.29, 1.82) is 5.26 Å². The van der Waals surface area contributed by atoms with Crippen LogP contribution in [0.2, 0.25) is 0 Å². The number of aromatic nitrogens is 1. The number of nitriles is 1. The molecule has 0 bridgehead atoms. The third kappa shape index (κ3) is 5.14. The smallest absolute Gasteiger partial charge is 0.312 e. The highest BCUT2D eigenvalue weighted by Gasteiger charge is 2.15. The van der Waals surface area contributed by atoms with E-state index in [1.807, 2.05) is 17.8 Å². The lowest BCUT2D eigenvalue weighted by molar-refractivity contribution is -0.384. The fraction of sp³-hybridized carbons (Fsp3) is 0.500. The van der Waals surface area contributed by atoms with Crippen molar-refractivity contribution in [2.45, 2.75) is 19.3 Å². The van der Waals surface area contributed by atoms with E-state index in [2.05, 4.69) is 16.6 Å². The van der Waals surface area contributed by atoms with Gasteiger partial charge in [0.25, 0.3) is 0 Å². The third-order valence-electron chi connectivity index (χ3n) is 2.51. The molecule has 0 amide bonds. The first kappa shape index (κ1) is 15.2. The summed E-state index contributed by atoms with van der Waals surface area (Å²) in [7, 11) is 0. The number of rotatable bonds is 8. The van der Waals surface area contributed by atoms with Gasteiger partial charge in [-0.05, 0) is 24.9 Å². The molecule has 1 heterocycles. The third-order valence-corrected chi connectivity index (χ3v) is 3.21. The van der Waals surface area contributed by atoms with Crippen LogP contribution in [0, 0.1) is 21.4 Å². The molecule has 6 nitrogen and oxygen atoms in total. The molecule has 7 heteroatoms. The highest BCUT2D eigenvalue weighted by molar-refractivity contribution is 7.98. The maximum absolute atomic E-state index is 10.9. The molecule has 0 fully saturated rings. The quantitative estimate of drug-likeness (QED) is 0.447. The zero-order valence-corrected chi connectivity index (χ0v) is 11.6. The fourth-order valence-corrected chi connectivity index (χ4v) is 2.04. The van der Waals surface area contributed by atoms with Crippen LogP contribution in [0.25, 0.3) is 0 Å². The molecule has 0 saturated carbocycles. The standard InChI is InChI=1S/C12H16N4O2S/c1-19-6-4-2-3-5-14-12-11(16(17)18)7-10(8-13)9-15-12/h7,9H,2-6H2,1H3,(H,14,15). The van der Waals surface area contributed by atoms with Gasteiger partial charge in [-0.1, -0.05) is 6.42 Å². The molecule has 0 spiro atoms. The van der Waals surface area contributed by atoms with Crippen LogP contribution in [0.1, 0.15) is 24.8 Å². The molecule has 19 heavy (non-hydrogen) atoms. The number of thioether (sulfide) groups is 1. The summed E-state index contributed by atoms with van der Waals surface area (Å²) in [4.78, 5) is 14.3. The van der Waals surface area contributed by atoms with E-state index in [9.17, 15) is 10.1 Å². The van der Waals surface area contributed by atoms with Gasteiger partial charge in [0.1, 0.15) is 6.07 Å². The van der Waals surface area contributed by atoms with Crippen LogP contribution >= 0.6 is 11.8 Å². The van der Waals surface area contributed by atoms with Gasteiger partial charge >= 0.3 is 5.69 Å². The van der Waals surface area contributed by atoms with E-state index >= 15 is 0 Å². The Kier molecular flexibility index (Phi) is 6.68. The number of nitro groups is 1. The Morgan fingerprint density at radius 1 is 1.53 bits per heavy atom. The van der Waals surface area contributed by atoms with E-state index in [-0.39, 0.29) is 17.1 Å². The van der Waals surface area contributed by atoms with Crippen molar-refractivity contribution < 1.29 is 4.92 Å². The summed E-state index contributed by atoms with van der Waals surface area (Å²) in [6.07, 6.45) is 6.58. The minimum Gasteiger partial charge on any atom is -0.364 e. The van der Waals surface area contributed by atoms with Gasteiger partial charge in [0.15, 0.2) is 0 Å². The molecule has 0 saturated heterocycles. The van der Waals surface area contributed by atoms with Crippen molar-refractivity contribution in [2.75, 3.05) is 23.9 Å². The Morgan fingerprint density at radius 2 is 2.32 bits per heavy atom. The molecule has 1 N–H and O–H groups in total. The molecular formula is C12H16N4O2S. The number of nitrogens with zero attached hydrogens (tertiary/aromatic N) is 3. The van der Waals surface area contributed by atoms with Crippen LogP contribution < -0.4 is 5.32 Å². The predicted molar refractivity (Wildman–Crippen MR) is 76.3 cm³/mol. The number of unbranched alkanes of at least 4 members (excludes halogenated alkanes) is 2. The molecule has 102 valence electrons. The van der Waals surface area contributed by atoms with Crippen molar-refractivity contribution in [1.82, 2.24) is 4.98 Å². The van der Waals surface area contributed by atoms with E-state index < -0.39 is 4.92 Å². The molecule has 1 rings (SSSR count). The van der Waals surface area contributed by atoms with Crippen LogP contribution in [0.15, 0.2) is 12.3 Å². The van der Waals surface area contributed by atoms with Crippen LogP contribution in [-0.2, 0) is 0 Å². The SMILES string of the molecule is CSCCCCCNc1ncc(C#N)cc1[N+](=O)[O-]. The second kappa shape index (κ2) is 8.32. The first-order chi connectivity index (χ1) is 9.19. The average Bonchev–Trinajstić information content (AvgIpc) is 2.42. The van der Waals surface area contributed by atoms with Crippen molar-refractivity contribution in [3.8, 4) is 6.07 Å². The monoisotopic (exact) mass is 280 g/mol. The lowest BCUT2D eigenvalue weighted by Gasteiger charge is -2.06. The number of hydrogen-bond donors (Lipinski definition) is 1. The second-order valence-corrected chi connectivity index (χ2v) is 4.93. The summed E-state index contributed by atoms with van der Waals surface area (Å²) < 4.78 is 0. The fourth-order valence-electron chi connectivity index (χ4n) is 1.54. The van der Waals surface area contributed by atoms with E-state index in [0.717, 1.165) is 25.0 Å². The number of hydrogen-bond acceptors (Lipinski definition) is 6. The number of nitrogens with one attached hydrogen (secondary N) is 1. The zero-order valence-electron chi connectivity index (χ0n) is 10.8. The highest BCUT2D eigenvalue weighted by atomic mass is 32.2. The van der Waals surface area contributed by atoms with E-state index in [0.29, 0.717) is 6.54 Å². The van der Waals surface area contributed by atoms with Crippen molar-refractivity contribution in [3.05, 3.63) is 27.9 Å². The van der Waals surface area contributed by atoms with Gasteiger partial charge < -0.3 is 5.32 Å². The molecule has 0 aromatic carbocycles. The summed E-state index contributed by atoms with van der Waals surface area (Å²) in [6, 6.07) is 3.08. The summed E-state index contributed by atoms with van der Waals surface area (Å²) >= 11 is 1.81. The van der Waals surface area contributed by atoms with Gasteiger partial charge in [-0.15, -0.1) is 0 Å². The van der Waals surface area contributed by atoms with Gasteiger partial charge in [0.2, 0.25) is 5.82 Å². The molecule has 0 aliphatic carbocycles. The molecule has 1 aromatic rings. The Labute approximate surface area is 116 Å². The van der Waals surface area contributed by atoms with Gasteiger partial charge in [-0.25, -0.2) is 4.98 Å². The predicted octanol–water partition coefficient (Wildman–Crippen LogP) is 2.81. The molecule has 0 atom stereocenters. The molecule has 1 aromatic heterocycles. The average molecular weight is 280 g/mol. The Balaban J connectivity index is 2.53. The Morgan fingerprint density at radius 3 is 2.95 bits per heavy atom. The maximum Gasteiger partial charge on any atom is 0.312 e. The summed E-state index contributed by atoms with van der Waals surface area (Å²) in [5, 5.41) is 22.5. The Bertz CT molecular complexity index is 473. The van der Waals surface area contributed by atoms with Crippen molar-refractivity contribution in [2.24, 2.45) is 0 Å². The first-order valence-electron chi connectivity index (χ1n) is 5.96. The lowest BCUT2D eigenvalue weighted by Crippen LogP contribution is -2.06. The lowest BCUT2D eigenvalue weighted by atomic mass is 10.2. The number of anilines is 1. The Hall–Kier alpha value is -1.81. The zero-order chi connectivity index (χ0) is 14.1. The summed E-state index contributed by atoms with van der Waals surface area (Å²) in [5.74, 6) is 1.36. The van der Waals surface area contributed by atoms with E-state index in [4.69, 9.17) is 5.26 Å². The maximum atomic E-state index is 10.9. The topological polar surface area (TPSA) is 91.8 Å². The summed E-state index contributed by atoms with van der Waals surface area (Å²) in [6.45, 7) is 0.647. The first-order valence-corrected chi connectivity index (χ1v) is 7.35. The molecule has 0 aliphatic heterocycles. The molecular weight excluding hydrogens is 264 g/mol. The molecule has 0 aliphatic rings. The van der Waals surface area contributed by atoms with Gasteiger partial charge in [0, 0.05) is 18.8 Å². The number of pyridine rings is 1. The van der Waals surface area contributed by atoms with Crippen molar-refractivity contribution >= 4 is 23.3 Å². The van der Waals surface area contributed by atoms with Crippen LogP contribution in [0.4, 0.5) is 11.5 Å². The van der Waals surface area contributed by atoms with Gasteiger partial charge in [0.05, 0.1) is 10.5 Å². The normalized spacial score (nSPS) is 9.89. The largest absolute Gasteiger partial charge is 0.364 e. The van der Waals surface area contributed by atoms with Crippen LogP contribution in [0.5, 0.6) is 0 Å². The van der Waals surface area contributed by atoms with Crippen LogP contribution in [-0.4, -0.2) is 28.5 Å². The summed E-state index contributed by atoms with van der Waals surface area (Å²) in [5.41, 5.74) is 0.0420. The molecule has 0 radical (unpaired) electrons. The second-order valence-electron chi connectivity index (χ2n) is 3.94. The minimum absolute atomic E-state index is 0.150. The van der Waals surface area contributed by atoms with Gasteiger partial charge in [-0.3, -0.25) is 10.1 Å². The highest BCUT2D eigenvalue weighted by Crippen LogP contribution is 2.22. The van der Waals surface area contributed by atoms with E-state index in [1.54, 1.807) is 0 Å². The van der Waals surface area contributed by atoms with Gasteiger partial charge in [-0.2, -0.15) is 17.0 Å². The minimum atomic E-state index is -0.524. The van der Waals surface area contributed by atoms with E-state index in [1.165, 1.54) is 12.3 Å². The van der Waals surface area contributed by atoms with Crippen LogP contribution in [0.3, 0.4) is 0 Å². The van der Waals surface area contributed by atoms with Crippen molar-refractivity contribution in [3.63, 3.8) is 0 Å².